The minimum Gasteiger partial charge on any atom is -0.462 e. The van der Waals surface area contributed by atoms with Crippen LogP contribution in [-0.4, -0.2) is 34.2 Å². The monoisotopic (exact) mass is 360 g/mol. The highest BCUT2D eigenvalue weighted by Crippen LogP contribution is 2.18. The summed E-state index contributed by atoms with van der Waals surface area (Å²) in [6, 6.07) is 9.59. The maximum absolute atomic E-state index is 12.1. The third kappa shape index (κ3) is 5.46. The van der Waals surface area contributed by atoms with Gasteiger partial charge in [0, 0.05) is 6.20 Å². The molecule has 1 unspecified atom stereocenters. The van der Waals surface area contributed by atoms with Crippen molar-refractivity contribution in [2.75, 3.05) is 18.1 Å². The lowest BCUT2D eigenvalue weighted by Gasteiger charge is -2.14. The Balaban J connectivity index is 1.89. The van der Waals surface area contributed by atoms with Crippen LogP contribution in [0.1, 0.15) is 35.8 Å². The van der Waals surface area contributed by atoms with Gasteiger partial charge in [0.25, 0.3) is 0 Å². The van der Waals surface area contributed by atoms with E-state index in [-0.39, 0.29) is 35.7 Å². The van der Waals surface area contributed by atoms with E-state index in [1.165, 1.54) is 6.20 Å². The van der Waals surface area contributed by atoms with E-state index in [1.54, 1.807) is 6.92 Å². The van der Waals surface area contributed by atoms with Crippen LogP contribution in [-0.2, 0) is 9.53 Å². The van der Waals surface area contributed by atoms with E-state index in [0.717, 1.165) is 17.3 Å². The number of benzene rings is 1. The zero-order valence-electron chi connectivity index (χ0n) is 14.1. The molecule has 0 saturated carbocycles. The molecule has 1 aromatic heterocycles. The lowest BCUT2D eigenvalue weighted by atomic mass is 10.1. The van der Waals surface area contributed by atoms with Crippen LogP contribution < -0.4 is 11.1 Å². The summed E-state index contributed by atoms with van der Waals surface area (Å²) >= 11 is 1.15. The smallest absolute Gasteiger partial charge is 0.343 e. The number of nitrogens with two attached hydrogens (primary N) is 1. The van der Waals surface area contributed by atoms with Gasteiger partial charge in [-0.25, -0.2) is 14.8 Å². The van der Waals surface area contributed by atoms with Crippen molar-refractivity contribution in [3.63, 3.8) is 0 Å². The highest BCUT2D eigenvalue weighted by Gasteiger charge is 2.15. The maximum atomic E-state index is 12.1. The van der Waals surface area contributed by atoms with Gasteiger partial charge in [-0.3, -0.25) is 4.79 Å². The molecule has 0 radical (unpaired) electrons. The van der Waals surface area contributed by atoms with Crippen molar-refractivity contribution in [3.8, 4) is 0 Å². The molecule has 3 N–H and O–H groups in total. The van der Waals surface area contributed by atoms with Crippen LogP contribution in [0.15, 0.2) is 41.7 Å². The second-order valence-corrected chi connectivity index (χ2v) is 6.10. The van der Waals surface area contributed by atoms with E-state index in [4.69, 9.17) is 10.5 Å². The summed E-state index contributed by atoms with van der Waals surface area (Å²) in [6.45, 7) is 3.86. The second kappa shape index (κ2) is 9.03. The Hall–Kier alpha value is -2.61. The van der Waals surface area contributed by atoms with Gasteiger partial charge in [0.05, 0.1) is 18.4 Å². The molecular weight excluding hydrogens is 340 g/mol. The molecule has 0 spiro atoms. The van der Waals surface area contributed by atoms with Crippen LogP contribution in [0.2, 0.25) is 0 Å². The Morgan fingerprint density at radius 1 is 1.32 bits per heavy atom. The fourth-order valence-electron chi connectivity index (χ4n) is 2.05. The minimum atomic E-state index is -0.564. The average Bonchev–Trinajstić information content (AvgIpc) is 2.61. The number of carbonyl (C=O) groups excluding carboxylic acids is 2. The van der Waals surface area contributed by atoms with Crippen molar-refractivity contribution in [3.05, 3.63) is 47.7 Å². The first-order chi connectivity index (χ1) is 12.0. The number of anilines is 1. The topological polar surface area (TPSA) is 107 Å². The summed E-state index contributed by atoms with van der Waals surface area (Å²) in [7, 11) is 0. The molecule has 25 heavy (non-hydrogen) atoms. The molecule has 0 aliphatic rings. The first-order valence-corrected chi connectivity index (χ1v) is 8.76. The van der Waals surface area contributed by atoms with Gasteiger partial charge in [-0.05, 0) is 19.4 Å². The number of thioether (sulfide) groups is 1. The zero-order valence-corrected chi connectivity index (χ0v) is 14.9. The summed E-state index contributed by atoms with van der Waals surface area (Å²) < 4.78 is 4.86. The van der Waals surface area contributed by atoms with Crippen molar-refractivity contribution < 1.29 is 14.3 Å². The van der Waals surface area contributed by atoms with Gasteiger partial charge < -0.3 is 15.8 Å². The Kier molecular flexibility index (Phi) is 6.76. The molecule has 132 valence electrons. The number of nitrogens with one attached hydrogen (secondary N) is 1. The molecule has 1 aromatic carbocycles. The fraction of sp³-hybridized carbons (Fsp3) is 0.294. The zero-order chi connectivity index (χ0) is 18.2. The molecule has 0 saturated heterocycles. The molecule has 1 atom stereocenters. The van der Waals surface area contributed by atoms with E-state index in [0.29, 0.717) is 5.16 Å². The maximum Gasteiger partial charge on any atom is 0.343 e. The number of nitrogen functional groups attached to an aromatic ring is 1. The number of nitrogens with zero attached hydrogens (tertiary/aromatic N) is 2. The normalized spacial score (nSPS) is 11.6. The number of hydrogen-bond acceptors (Lipinski definition) is 7. The molecular formula is C17H20N4O3S. The van der Waals surface area contributed by atoms with Gasteiger partial charge in [0.2, 0.25) is 5.91 Å². The van der Waals surface area contributed by atoms with Crippen LogP contribution in [0.4, 0.5) is 5.82 Å². The van der Waals surface area contributed by atoms with Crippen LogP contribution in [0.5, 0.6) is 0 Å². The van der Waals surface area contributed by atoms with Crippen molar-refractivity contribution in [1.29, 1.82) is 0 Å². The molecule has 0 aliphatic carbocycles. The van der Waals surface area contributed by atoms with Crippen LogP contribution in [0, 0.1) is 0 Å². The number of amides is 1. The highest BCUT2D eigenvalue weighted by molar-refractivity contribution is 7.99. The van der Waals surface area contributed by atoms with Gasteiger partial charge in [-0.15, -0.1) is 0 Å². The lowest BCUT2D eigenvalue weighted by molar-refractivity contribution is -0.119. The van der Waals surface area contributed by atoms with Crippen molar-refractivity contribution >= 4 is 29.5 Å². The Labute approximate surface area is 150 Å². The Morgan fingerprint density at radius 2 is 2.04 bits per heavy atom. The number of hydrogen-bond donors (Lipinski definition) is 2. The fourth-order valence-corrected chi connectivity index (χ4v) is 2.69. The molecule has 7 nitrogen and oxygen atoms in total. The summed E-state index contributed by atoms with van der Waals surface area (Å²) in [6.07, 6.45) is 1.31. The van der Waals surface area contributed by atoms with E-state index >= 15 is 0 Å². The third-order valence-electron chi connectivity index (χ3n) is 3.30. The van der Waals surface area contributed by atoms with Crippen molar-refractivity contribution in [2.45, 2.75) is 25.0 Å². The summed E-state index contributed by atoms with van der Waals surface area (Å²) in [4.78, 5) is 31.8. The second-order valence-electron chi connectivity index (χ2n) is 5.16. The summed E-state index contributed by atoms with van der Waals surface area (Å²) in [5.74, 6) is -0.520. The van der Waals surface area contributed by atoms with E-state index in [1.807, 2.05) is 37.3 Å². The first-order valence-electron chi connectivity index (χ1n) is 7.78. The summed E-state index contributed by atoms with van der Waals surface area (Å²) in [5.41, 5.74) is 6.90. The van der Waals surface area contributed by atoms with Gasteiger partial charge in [-0.1, -0.05) is 42.1 Å². The van der Waals surface area contributed by atoms with Crippen molar-refractivity contribution in [2.24, 2.45) is 0 Å². The summed E-state index contributed by atoms with van der Waals surface area (Å²) in [5, 5.41) is 3.23. The molecule has 1 heterocycles. The third-order valence-corrected chi connectivity index (χ3v) is 4.16. The molecule has 0 bridgehead atoms. The molecule has 8 heteroatoms. The number of esters is 1. The van der Waals surface area contributed by atoms with Crippen LogP contribution >= 0.6 is 11.8 Å². The predicted octanol–water partition coefficient (Wildman–Crippen LogP) is 2.21. The lowest BCUT2D eigenvalue weighted by Crippen LogP contribution is -2.28. The standard InChI is InChI=1S/C17H20N4O3S/c1-3-24-16(23)13-9-19-17(21-15(13)18)25-10-14(22)20-11(2)12-7-5-4-6-8-12/h4-9,11H,3,10H2,1-2H3,(H,20,22)(H2,18,19,21). The highest BCUT2D eigenvalue weighted by atomic mass is 32.2. The molecule has 0 fully saturated rings. The van der Waals surface area contributed by atoms with Crippen LogP contribution in [0.25, 0.3) is 0 Å². The average molecular weight is 360 g/mol. The van der Waals surface area contributed by atoms with Crippen LogP contribution in [0.3, 0.4) is 0 Å². The number of ether oxygens (including phenoxy) is 1. The number of carbonyl (C=O) groups is 2. The van der Waals surface area contributed by atoms with E-state index < -0.39 is 5.97 Å². The predicted molar refractivity (Wildman–Crippen MR) is 96.1 cm³/mol. The Morgan fingerprint density at radius 3 is 2.68 bits per heavy atom. The first kappa shape index (κ1) is 18.7. The SMILES string of the molecule is CCOC(=O)c1cnc(SCC(=O)NC(C)c2ccccc2)nc1N. The Bertz CT molecular complexity index is 740. The number of rotatable bonds is 7. The van der Waals surface area contributed by atoms with Gasteiger partial charge in [0.1, 0.15) is 11.4 Å². The molecule has 1 amide bonds. The molecule has 0 aliphatic heterocycles. The van der Waals surface area contributed by atoms with Crippen molar-refractivity contribution in [1.82, 2.24) is 15.3 Å². The van der Waals surface area contributed by atoms with E-state index in [9.17, 15) is 9.59 Å². The quantitative estimate of drug-likeness (QED) is 0.443. The van der Waals surface area contributed by atoms with Gasteiger partial charge in [-0.2, -0.15) is 0 Å². The van der Waals surface area contributed by atoms with E-state index in [2.05, 4.69) is 15.3 Å². The molecule has 2 rings (SSSR count). The number of aromatic nitrogens is 2. The minimum absolute atomic E-state index is 0.0361. The van der Waals surface area contributed by atoms with Gasteiger partial charge >= 0.3 is 5.97 Å². The largest absolute Gasteiger partial charge is 0.462 e. The van der Waals surface area contributed by atoms with Gasteiger partial charge in [0.15, 0.2) is 5.16 Å². The molecule has 2 aromatic rings.